The summed E-state index contributed by atoms with van der Waals surface area (Å²) in [7, 11) is 0. The van der Waals surface area contributed by atoms with Crippen LogP contribution in [0.4, 0.5) is 9.18 Å². The number of H-pyrrole nitrogens is 1. The molecule has 0 spiro atoms. The lowest BCUT2D eigenvalue weighted by Gasteiger charge is -2.27. The Bertz CT molecular complexity index is 847. The highest BCUT2D eigenvalue weighted by atomic mass is 19.1. The lowest BCUT2D eigenvalue weighted by Crippen LogP contribution is -2.46. The van der Waals surface area contributed by atoms with Gasteiger partial charge >= 0.3 is 6.03 Å². The molecule has 1 atom stereocenters. The van der Waals surface area contributed by atoms with Gasteiger partial charge in [-0.05, 0) is 30.2 Å². The molecule has 3 amide bonds. The highest BCUT2D eigenvalue weighted by Gasteiger charge is 2.28. The Hall–Kier alpha value is -3.16. The van der Waals surface area contributed by atoms with Gasteiger partial charge in [0.15, 0.2) is 0 Å². The van der Waals surface area contributed by atoms with Gasteiger partial charge in [-0.25, -0.2) is 9.18 Å². The third kappa shape index (κ3) is 4.27. The van der Waals surface area contributed by atoms with Gasteiger partial charge in [0.25, 0.3) is 5.91 Å². The van der Waals surface area contributed by atoms with Crippen LogP contribution in [0.5, 0.6) is 0 Å². The van der Waals surface area contributed by atoms with E-state index in [4.69, 9.17) is 0 Å². The molecule has 1 aromatic heterocycles. The summed E-state index contributed by atoms with van der Waals surface area (Å²) in [5.74, 6) is -0.700. The van der Waals surface area contributed by atoms with Crippen molar-refractivity contribution >= 4 is 11.9 Å². The van der Waals surface area contributed by atoms with Crippen LogP contribution in [0.1, 0.15) is 15.9 Å². The molecule has 0 saturated carbocycles. The first kappa shape index (κ1) is 17.7. The van der Waals surface area contributed by atoms with E-state index < -0.39 is 0 Å². The Balaban J connectivity index is 1.70. The topological polar surface area (TPSA) is 94.3 Å². The van der Waals surface area contributed by atoms with Crippen LogP contribution in [0, 0.1) is 5.82 Å². The second-order valence-electron chi connectivity index (χ2n) is 6.06. The van der Waals surface area contributed by atoms with Crippen LogP contribution < -0.4 is 16.2 Å². The number of urea groups is 1. The zero-order valence-corrected chi connectivity index (χ0v) is 14.0. The van der Waals surface area contributed by atoms with Gasteiger partial charge in [0.05, 0.1) is 11.6 Å². The average Bonchev–Trinajstić information content (AvgIpc) is 3.05. The summed E-state index contributed by atoms with van der Waals surface area (Å²) in [6.45, 7) is 1.27. The molecule has 1 unspecified atom stereocenters. The maximum Gasteiger partial charge on any atom is 0.317 e. The second kappa shape index (κ2) is 7.81. The quantitative estimate of drug-likeness (QED) is 0.715. The summed E-state index contributed by atoms with van der Waals surface area (Å²) in [6, 6.07) is 8.36. The maximum atomic E-state index is 13.4. The second-order valence-corrected chi connectivity index (χ2v) is 6.06. The van der Waals surface area contributed by atoms with Gasteiger partial charge in [-0.1, -0.05) is 12.1 Å². The molecule has 1 aliphatic heterocycles. The number of aromatic amines is 1. The van der Waals surface area contributed by atoms with E-state index in [1.54, 1.807) is 17.0 Å². The van der Waals surface area contributed by atoms with Crippen LogP contribution in [-0.2, 0) is 6.42 Å². The standard InChI is InChI=1S/C18H19FN4O3/c19-14-3-1-2-12(8-14)9-15(23-7-6-20-18(23)26)11-22-17(25)13-4-5-16(24)21-10-13/h1-5,8,10,15H,6-7,9,11H2,(H,20,26)(H,21,24)(H,22,25). The number of nitrogens with one attached hydrogen (secondary N) is 3. The van der Waals surface area contributed by atoms with Crippen molar-refractivity contribution in [3.63, 3.8) is 0 Å². The third-order valence-corrected chi connectivity index (χ3v) is 4.24. The molecule has 0 aliphatic carbocycles. The summed E-state index contributed by atoms with van der Waals surface area (Å²) in [5, 5.41) is 5.51. The Morgan fingerprint density at radius 1 is 1.27 bits per heavy atom. The molecule has 26 heavy (non-hydrogen) atoms. The van der Waals surface area contributed by atoms with E-state index in [1.165, 1.54) is 30.5 Å². The first-order valence-electron chi connectivity index (χ1n) is 8.29. The monoisotopic (exact) mass is 358 g/mol. The fraction of sp³-hybridized carbons (Fsp3) is 0.278. The summed E-state index contributed by atoms with van der Waals surface area (Å²) in [6.07, 6.45) is 1.75. The average molecular weight is 358 g/mol. The fourth-order valence-corrected chi connectivity index (χ4v) is 2.93. The van der Waals surface area contributed by atoms with Crippen molar-refractivity contribution in [1.29, 1.82) is 0 Å². The molecule has 3 rings (SSSR count). The molecule has 1 aromatic carbocycles. The number of pyridine rings is 1. The number of nitrogens with zero attached hydrogens (tertiary/aromatic N) is 1. The number of aromatic nitrogens is 1. The minimum atomic E-state index is -0.356. The Morgan fingerprint density at radius 3 is 2.77 bits per heavy atom. The molecule has 8 heteroatoms. The number of hydrogen-bond acceptors (Lipinski definition) is 3. The molecule has 7 nitrogen and oxygen atoms in total. The summed E-state index contributed by atoms with van der Waals surface area (Å²) in [5.41, 5.74) is 0.771. The first-order chi connectivity index (χ1) is 12.5. The van der Waals surface area contributed by atoms with Gasteiger partial charge in [-0.2, -0.15) is 0 Å². The molecule has 3 N–H and O–H groups in total. The van der Waals surface area contributed by atoms with Crippen LogP contribution in [-0.4, -0.2) is 47.5 Å². The molecule has 1 fully saturated rings. The number of benzene rings is 1. The first-order valence-corrected chi connectivity index (χ1v) is 8.29. The minimum Gasteiger partial charge on any atom is -0.350 e. The third-order valence-electron chi connectivity index (χ3n) is 4.24. The minimum absolute atomic E-state index is 0.204. The van der Waals surface area contributed by atoms with Gasteiger partial charge in [0, 0.05) is 31.9 Å². The molecule has 1 aliphatic rings. The van der Waals surface area contributed by atoms with Crippen molar-refractivity contribution < 1.29 is 14.0 Å². The van der Waals surface area contributed by atoms with Crippen LogP contribution in [0.25, 0.3) is 0 Å². The highest BCUT2D eigenvalue weighted by Crippen LogP contribution is 2.13. The van der Waals surface area contributed by atoms with E-state index in [1.807, 2.05) is 0 Å². The van der Waals surface area contributed by atoms with Gasteiger partial charge in [-0.3, -0.25) is 9.59 Å². The van der Waals surface area contributed by atoms with Gasteiger partial charge in [0.2, 0.25) is 5.56 Å². The van der Waals surface area contributed by atoms with Crippen LogP contribution in [0.3, 0.4) is 0 Å². The van der Waals surface area contributed by atoms with Crippen molar-refractivity contribution in [2.24, 2.45) is 0 Å². The molecular formula is C18H19FN4O3. The van der Waals surface area contributed by atoms with Crippen LogP contribution in [0.2, 0.25) is 0 Å². The molecule has 2 heterocycles. The summed E-state index contributed by atoms with van der Waals surface area (Å²) < 4.78 is 13.4. The molecule has 0 radical (unpaired) electrons. The number of carbonyl (C=O) groups excluding carboxylic acids is 2. The van der Waals surface area contributed by atoms with Crippen LogP contribution in [0.15, 0.2) is 47.4 Å². The summed E-state index contributed by atoms with van der Waals surface area (Å²) >= 11 is 0. The van der Waals surface area contributed by atoms with Gasteiger partial charge < -0.3 is 20.5 Å². The van der Waals surface area contributed by atoms with E-state index in [-0.39, 0.29) is 35.9 Å². The molecule has 1 saturated heterocycles. The largest absolute Gasteiger partial charge is 0.350 e. The maximum absolute atomic E-state index is 13.4. The molecule has 136 valence electrons. The van der Waals surface area contributed by atoms with Crippen molar-refractivity contribution in [3.8, 4) is 0 Å². The molecular weight excluding hydrogens is 339 g/mol. The van der Waals surface area contributed by atoms with Crippen molar-refractivity contribution in [3.05, 3.63) is 69.9 Å². The predicted octanol–water partition coefficient (Wildman–Crippen LogP) is 0.880. The van der Waals surface area contributed by atoms with Crippen LogP contribution >= 0.6 is 0 Å². The lowest BCUT2D eigenvalue weighted by molar-refractivity contribution is 0.0939. The predicted molar refractivity (Wildman–Crippen MR) is 93.4 cm³/mol. The van der Waals surface area contributed by atoms with Crippen molar-refractivity contribution in [2.75, 3.05) is 19.6 Å². The Labute approximate surface area is 149 Å². The van der Waals surface area contributed by atoms with E-state index in [0.29, 0.717) is 25.1 Å². The van der Waals surface area contributed by atoms with Crippen molar-refractivity contribution in [1.82, 2.24) is 20.5 Å². The van der Waals surface area contributed by atoms with E-state index >= 15 is 0 Å². The van der Waals surface area contributed by atoms with E-state index in [0.717, 1.165) is 5.56 Å². The Morgan fingerprint density at radius 2 is 2.12 bits per heavy atom. The summed E-state index contributed by atoms with van der Waals surface area (Å²) in [4.78, 5) is 39.4. The Kier molecular flexibility index (Phi) is 5.31. The number of halogens is 1. The zero-order chi connectivity index (χ0) is 18.5. The SMILES string of the molecule is O=C(NCC(Cc1cccc(F)c1)N1CCNC1=O)c1ccc(=O)[nH]c1. The normalized spacial score (nSPS) is 14.8. The fourth-order valence-electron chi connectivity index (χ4n) is 2.93. The van der Waals surface area contributed by atoms with E-state index in [9.17, 15) is 18.8 Å². The number of hydrogen-bond donors (Lipinski definition) is 3. The zero-order valence-electron chi connectivity index (χ0n) is 14.0. The van der Waals surface area contributed by atoms with Crippen molar-refractivity contribution in [2.45, 2.75) is 12.5 Å². The van der Waals surface area contributed by atoms with E-state index in [2.05, 4.69) is 15.6 Å². The molecule has 0 bridgehead atoms. The number of rotatable bonds is 6. The smallest absolute Gasteiger partial charge is 0.317 e. The highest BCUT2D eigenvalue weighted by molar-refractivity contribution is 5.93. The molecule has 2 aromatic rings. The van der Waals surface area contributed by atoms with Gasteiger partial charge in [-0.15, -0.1) is 0 Å². The number of carbonyl (C=O) groups is 2. The lowest BCUT2D eigenvalue weighted by atomic mass is 10.0. The number of amides is 3. The van der Waals surface area contributed by atoms with Gasteiger partial charge in [0.1, 0.15) is 5.82 Å².